The van der Waals surface area contributed by atoms with Crippen LogP contribution >= 0.6 is 0 Å². The molecule has 4 heteroatoms. The van der Waals surface area contributed by atoms with Gasteiger partial charge in [0.2, 0.25) is 11.8 Å². The summed E-state index contributed by atoms with van der Waals surface area (Å²) in [5.74, 6) is 0.826. The molecule has 0 bridgehead atoms. The van der Waals surface area contributed by atoms with Gasteiger partial charge in [-0.25, -0.2) is 0 Å². The van der Waals surface area contributed by atoms with Gasteiger partial charge in [-0.15, -0.1) is 0 Å². The summed E-state index contributed by atoms with van der Waals surface area (Å²) in [6, 6.07) is -0.261. The first-order valence-electron chi connectivity index (χ1n) is 7.79. The van der Waals surface area contributed by atoms with Gasteiger partial charge in [0.25, 0.3) is 0 Å². The van der Waals surface area contributed by atoms with Crippen molar-refractivity contribution in [3.05, 3.63) is 0 Å². The molecule has 1 aliphatic carbocycles. The fraction of sp³-hybridized carbons (Fsp3) is 0.867. The van der Waals surface area contributed by atoms with Crippen molar-refractivity contribution in [2.45, 2.75) is 64.3 Å². The van der Waals surface area contributed by atoms with Crippen LogP contribution in [0.15, 0.2) is 0 Å². The van der Waals surface area contributed by atoms with E-state index in [9.17, 15) is 9.59 Å². The SMILES string of the molecule is CCCN(CC1CCCCC1)C(=O)[C@H]1CCC(=O)N1. The minimum absolute atomic E-state index is 0.0208. The molecule has 2 rings (SSSR count). The van der Waals surface area contributed by atoms with Crippen molar-refractivity contribution in [1.82, 2.24) is 10.2 Å². The molecule has 1 atom stereocenters. The van der Waals surface area contributed by atoms with E-state index in [4.69, 9.17) is 0 Å². The van der Waals surface area contributed by atoms with Gasteiger partial charge in [0.15, 0.2) is 0 Å². The van der Waals surface area contributed by atoms with Gasteiger partial charge in [-0.05, 0) is 31.6 Å². The molecule has 0 aromatic carbocycles. The molecule has 1 aliphatic heterocycles. The van der Waals surface area contributed by atoms with Gasteiger partial charge < -0.3 is 10.2 Å². The molecule has 1 heterocycles. The van der Waals surface area contributed by atoms with Crippen LogP contribution in [0.25, 0.3) is 0 Å². The summed E-state index contributed by atoms with van der Waals surface area (Å²) in [5, 5.41) is 2.80. The van der Waals surface area contributed by atoms with Crippen molar-refractivity contribution in [1.29, 1.82) is 0 Å². The lowest BCUT2D eigenvalue weighted by atomic mass is 9.89. The molecular formula is C15H26N2O2. The van der Waals surface area contributed by atoms with Crippen molar-refractivity contribution in [3.8, 4) is 0 Å². The van der Waals surface area contributed by atoms with Crippen molar-refractivity contribution < 1.29 is 9.59 Å². The van der Waals surface area contributed by atoms with Crippen molar-refractivity contribution >= 4 is 11.8 Å². The highest BCUT2D eigenvalue weighted by molar-refractivity contribution is 5.90. The van der Waals surface area contributed by atoms with Gasteiger partial charge in [-0.1, -0.05) is 26.2 Å². The normalized spacial score (nSPS) is 24.3. The highest BCUT2D eigenvalue weighted by atomic mass is 16.2. The highest BCUT2D eigenvalue weighted by Gasteiger charge is 2.31. The van der Waals surface area contributed by atoms with Crippen LogP contribution in [0.4, 0.5) is 0 Å². The molecule has 1 N–H and O–H groups in total. The minimum atomic E-state index is -0.261. The second-order valence-electron chi connectivity index (χ2n) is 5.95. The van der Waals surface area contributed by atoms with E-state index < -0.39 is 0 Å². The summed E-state index contributed by atoms with van der Waals surface area (Å²) in [6.07, 6.45) is 8.62. The van der Waals surface area contributed by atoms with Gasteiger partial charge in [0.05, 0.1) is 0 Å². The summed E-state index contributed by atoms with van der Waals surface area (Å²) in [7, 11) is 0. The Hall–Kier alpha value is -1.06. The molecule has 4 nitrogen and oxygen atoms in total. The molecule has 2 aliphatic rings. The van der Waals surface area contributed by atoms with Gasteiger partial charge >= 0.3 is 0 Å². The van der Waals surface area contributed by atoms with E-state index in [0.29, 0.717) is 18.8 Å². The predicted molar refractivity (Wildman–Crippen MR) is 74.6 cm³/mol. The molecule has 1 saturated heterocycles. The summed E-state index contributed by atoms with van der Waals surface area (Å²) < 4.78 is 0. The van der Waals surface area contributed by atoms with Crippen molar-refractivity contribution in [2.24, 2.45) is 5.92 Å². The largest absolute Gasteiger partial charge is 0.344 e. The third kappa shape index (κ3) is 3.95. The molecule has 0 radical (unpaired) electrons. The lowest BCUT2D eigenvalue weighted by molar-refractivity contribution is -0.135. The van der Waals surface area contributed by atoms with Crippen LogP contribution in [0.2, 0.25) is 0 Å². The maximum atomic E-state index is 12.5. The highest BCUT2D eigenvalue weighted by Crippen LogP contribution is 2.25. The number of amides is 2. The van der Waals surface area contributed by atoms with E-state index in [2.05, 4.69) is 12.2 Å². The van der Waals surface area contributed by atoms with Crippen LogP contribution in [0, 0.1) is 5.92 Å². The second-order valence-corrected chi connectivity index (χ2v) is 5.95. The second kappa shape index (κ2) is 6.92. The number of carbonyl (C=O) groups is 2. The first kappa shape index (κ1) is 14.4. The van der Waals surface area contributed by atoms with E-state index in [0.717, 1.165) is 19.5 Å². The minimum Gasteiger partial charge on any atom is -0.344 e. The fourth-order valence-corrected chi connectivity index (χ4v) is 3.26. The van der Waals surface area contributed by atoms with Crippen molar-refractivity contribution in [3.63, 3.8) is 0 Å². The molecule has 0 spiro atoms. The Labute approximate surface area is 115 Å². The Bertz CT molecular complexity index is 324. The lowest BCUT2D eigenvalue weighted by Crippen LogP contribution is -2.46. The maximum Gasteiger partial charge on any atom is 0.245 e. The standard InChI is InChI=1S/C15H26N2O2/c1-2-10-17(11-12-6-4-3-5-7-12)15(19)13-8-9-14(18)16-13/h12-13H,2-11H2,1H3,(H,16,18)/t13-/m1/s1. The van der Waals surface area contributed by atoms with Crippen LogP contribution in [0.3, 0.4) is 0 Å². The summed E-state index contributed by atoms with van der Waals surface area (Å²) in [5.41, 5.74) is 0. The number of nitrogens with one attached hydrogen (secondary N) is 1. The lowest BCUT2D eigenvalue weighted by Gasteiger charge is -2.31. The third-order valence-corrected chi connectivity index (χ3v) is 4.30. The molecule has 0 aromatic rings. The molecular weight excluding hydrogens is 240 g/mol. The molecule has 2 fully saturated rings. The van der Waals surface area contributed by atoms with E-state index in [1.165, 1.54) is 32.1 Å². The van der Waals surface area contributed by atoms with Crippen LogP contribution in [-0.4, -0.2) is 35.8 Å². The number of carbonyl (C=O) groups excluding carboxylic acids is 2. The average molecular weight is 266 g/mol. The Morgan fingerprint density at radius 2 is 2.00 bits per heavy atom. The van der Waals surface area contributed by atoms with Gasteiger partial charge in [-0.2, -0.15) is 0 Å². The van der Waals surface area contributed by atoms with Crippen LogP contribution in [0.1, 0.15) is 58.3 Å². The quantitative estimate of drug-likeness (QED) is 0.828. The molecule has 0 aromatic heterocycles. The van der Waals surface area contributed by atoms with E-state index >= 15 is 0 Å². The zero-order valence-electron chi connectivity index (χ0n) is 12.0. The first-order valence-corrected chi connectivity index (χ1v) is 7.79. The van der Waals surface area contributed by atoms with E-state index in [1.54, 1.807) is 0 Å². The number of hydrogen-bond donors (Lipinski definition) is 1. The van der Waals surface area contributed by atoms with E-state index in [1.807, 2.05) is 4.90 Å². The Morgan fingerprint density at radius 1 is 1.26 bits per heavy atom. The van der Waals surface area contributed by atoms with Crippen LogP contribution in [0.5, 0.6) is 0 Å². The number of rotatable bonds is 5. The number of hydrogen-bond acceptors (Lipinski definition) is 2. The smallest absolute Gasteiger partial charge is 0.245 e. The molecule has 19 heavy (non-hydrogen) atoms. The van der Waals surface area contributed by atoms with Crippen molar-refractivity contribution in [2.75, 3.05) is 13.1 Å². The van der Waals surface area contributed by atoms with Crippen LogP contribution < -0.4 is 5.32 Å². The Kier molecular flexibility index (Phi) is 5.23. The van der Waals surface area contributed by atoms with Gasteiger partial charge in [-0.3, -0.25) is 9.59 Å². The fourth-order valence-electron chi connectivity index (χ4n) is 3.26. The molecule has 108 valence electrons. The number of nitrogens with zero attached hydrogens (tertiary/aromatic N) is 1. The van der Waals surface area contributed by atoms with Crippen LogP contribution in [-0.2, 0) is 9.59 Å². The Balaban J connectivity index is 1.90. The zero-order chi connectivity index (χ0) is 13.7. The monoisotopic (exact) mass is 266 g/mol. The molecule has 2 amide bonds. The molecule has 1 saturated carbocycles. The topological polar surface area (TPSA) is 49.4 Å². The average Bonchev–Trinajstić information content (AvgIpc) is 2.85. The van der Waals surface area contributed by atoms with Gasteiger partial charge in [0, 0.05) is 19.5 Å². The maximum absolute atomic E-state index is 12.5. The first-order chi connectivity index (χ1) is 9.20. The predicted octanol–water partition coefficient (Wildman–Crippen LogP) is 2.08. The molecule has 0 unspecified atom stereocenters. The Morgan fingerprint density at radius 3 is 2.58 bits per heavy atom. The third-order valence-electron chi connectivity index (χ3n) is 4.30. The van der Waals surface area contributed by atoms with Gasteiger partial charge in [0.1, 0.15) is 6.04 Å². The zero-order valence-corrected chi connectivity index (χ0v) is 12.0. The summed E-state index contributed by atoms with van der Waals surface area (Å²) in [6.45, 7) is 3.81. The van der Waals surface area contributed by atoms with E-state index in [-0.39, 0.29) is 17.9 Å². The summed E-state index contributed by atoms with van der Waals surface area (Å²) >= 11 is 0. The summed E-state index contributed by atoms with van der Waals surface area (Å²) in [4.78, 5) is 25.7.